The fraction of sp³-hybridized carbons (Fsp3) is 0.552. The van der Waals surface area contributed by atoms with Crippen LogP contribution in [0.15, 0.2) is 40.9 Å². The predicted molar refractivity (Wildman–Crippen MR) is 150 cm³/mol. The third-order valence-corrected chi connectivity index (χ3v) is 8.29. The van der Waals surface area contributed by atoms with Gasteiger partial charge in [-0.15, -0.1) is 0 Å². The summed E-state index contributed by atoms with van der Waals surface area (Å²) in [6.45, 7) is 16.9. The highest BCUT2D eigenvalue weighted by Gasteiger charge is 2.52. The molecule has 0 saturated carbocycles. The van der Waals surface area contributed by atoms with Crippen molar-refractivity contribution in [3.63, 3.8) is 0 Å². The van der Waals surface area contributed by atoms with Gasteiger partial charge in [0.2, 0.25) is 0 Å². The fourth-order valence-corrected chi connectivity index (χ4v) is 5.47. The molecule has 7 heteroatoms. The van der Waals surface area contributed by atoms with Crippen LogP contribution in [0.2, 0.25) is 0 Å². The second kappa shape index (κ2) is 9.48. The lowest BCUT2D eigenvalue weighted by Crippen LogP contribution is -2.41. The molecule has 1 heterocycles. The zero-order valence-corrected chi connectivity index (χ0v) is 24.5. The van der Waals surface area contributed by atoms with Gasteiger partial charge in [0.15, 0.2) is 0 Å². The molecule has 1 fully saturated rings. The Morgan fingerprint density at radius 2 is 1.53 bits per heavy atom. The number of carbonyl (C=O) groups excluding carboxylic acids is 1. The third-order valence-electron chi connectivity index (χ3n) is 7.80. The number of carbonyl (C=O) groups is 1. The van der Waals surface area contributed by atoms with E-state index in [0.717, 1.165) is 29.2 Å². The van der Waals surface area contributed by atoms with Crippen molar-refractivity contribution in [2.45, 2.75) is 96.9 Å². The van der Waals surface area contributed by atoms with Crippen LogP contribution in [0.1, 0.15) is 85.8 Å². The second-order valence-electron chi connectivity index (χ2n) is 12.3. The number of alkyl carbamates (subject to hydrolysis) is 1. The standard InChI is InChI=1S/C29H39BBrNO4/c1-26(2,3)34-25(33)32-16-10-9-15-29(8)23-17-19(30-35-27(4,5)28(6,7)36-30)11-13-21(23)22-14-12-20(31)18-24(22)29/h11-14,17-18H,9-10,15-16H2,1-8H3,(H,32,33). The van der Waals surface area contributed by atoms with Crippen molar-refractivity contribution in [3.05, 3.63) is 52.0 Å². The average Bonchev–Trinajstić information content (AvgIpc) is 3.12. The van der Waals surface area contributed by atoms with Gasteiger partial charge in [0.1, 0.15) is 5.60 Å². The van der Waals surface area contributed by atoms with E-state index in [-0.39, 0.29) is 22.7 Å². The number of halogens is 1. The van der Waals surface area contributed by atoms with Gasteiger partial charge in [-0.25, -0.2) is 4.79 Å². The van der Waals surface area contributed by atoms with Crippen LogP contribution in [0.5, 0.6) is 0 Å². The Morgan fingerprint density at radius 1 is 0.944 bits per heavy atom. The molecule has 0 bridgehead atoms. The number of benzene rings is 2. The van der Waals surface area contributed by atoms with Crippen molar-refractivity contribution in [3.8, 4) is 11.1 Å². The van der Waals surface area contributed by atoms with Crippen LogP contribution in [0.3, 0.4) is 0 Å². The molecular weight excluding hydrogens is 517 g/mol. The Kier molecular flexibility index (Phi) is 7.17. The van der Waals surface area contributed by atoms with Crippen molar-refractivity contribution in [2.75, 3.05) is 6.54 Å². The maximum Gasteiger partial charge on any atom is 0.494 e. The Labute approximate surface area is 224 Å². The Hall–Kier alpha value is -1.83. The smallest absolute Gasteiger partial charge is 0.444 e. The maximum atomic E-state index is 12.0. The Bertz CT molecular complexity index is 1140. The summed E-state index contributed by atoms with van der Waals surface area (Å²) < 4.78 is 19.2. The molecule has 2 aliphatic rings. The first-order valence-electron chi connectivity index (χ1n) is 12.9. The van der Waals surface area contributed by atoms with Gasteiger partial charge in [-0.3, -0.25) is 0 Å². The number of amides is 1. The highest BCUT2D eigenvalue weighted by molar-refractivity contribution is 9.10. The fourth-order valence-electron chi connectivity index (χ4n) is 5.11. The molecule has 0 radical (unpaired) electrons. The second-order valence-corrected chi connectivity index (χ2v) is 13.2. The van der Waals surface area contributed by atoms with Crippen LogP contribution in [0, 0.1) is 0 Å². The number of nitrogens with one attached hydrogen (secondary N) is 1. The van der Waals surface area contributed by atoms with E-state index in [1.807, 2.05) is 20.8 Å². The zero-order valence-electron chi connectivity index (χ0n) is 22.9. The van der Waals surface area contributed by atoms with Crippen molar-refractivity contribution < 1.29 is 18.8 Å². The first-order chi connectivity index (χ1) is 16.6. The van der Waals surface area contributed by atoms with Gasteiger partial charge in [0.05, 0.1) is 11.2 Å². The number of fused-ring (bicyclic) bond motifs is 3. The number of unbranched alkanes of at least 4 members (excludes halogenated alkanes) is 1. The predicted octanol–water partition coefficient (Wildman–Crippen LogP) is 6.73. The summed E-state index contributed by atoms with van der Waals surface area (Å²) in [4.78, 5) is 12.0. The van der Waals surface area contributed by atoms with E-state index in [4.69, 9.17) is 14.0 Å². The van der Waals surface area contributed by atoms with Gasteiger partial charge >= 0.3 is 13.2 Å². The van der Waals surface area contributed by atoms with Crippen LogP contribution in [-0.4, -0.2) is 36.6 Å². The molecule has 194 valence electrons. The molecule has 1 atom stereocenters. The SMILES string of the molecule is CC(C)(C)OC(=O)NCCCCC1(C)c2cc(Br)ccc2-c2ccc(B3OC(C)(C)C(C)(C)O3)cc21. The summed E-state index contributed by atoms with van der Waals surface area (Å²) in [6.07, 6.45) is 2.45. The van der Waals surface area contributed by atoms with Crippen molar-refractivity contribution in [1.82, 2.24) is 5.32 Å². The van der Waals surface area contributed by atoms with Gasteiger partial charge in [0.25, 0.3) is 0 Å². The largest absolute Gasteiger partial charge is 0.494 e. The van der Waals surface area contributed by atoms with Gasteiger partial charge in [-0.1, -0.05) is 53.5 Å². The highest BCUT2D eigenvalue weighted by Crippen LogP contribution is 2.51. The molecule has 4 rings (SSSR count). The molecule has 36 heavy (non-hydrogen) atoms. The molecular formula is C29H39BBrNO4. The van der Waals surface area contributed by atoms with Crippen molar-refractivity contribution in [1.29, 1.82) is 0 Å². The minimum absolute atomic E-state index is 0.153. The molecule has 0 aromatic heterocycles. The summed E-state index contributed by atoms with van der Waals surface area (Å²) in [7, 11) is -0.391. The van der Waals surface area contributed by atoms with E-state index in [9.17, 15) is 4.79 Å². The van der Waals surface area contributed by atoms with E-state index in [0.29, 0.717) is 6.54 Å². The molecule has 1 N–H and O–H groups in total. The first-order valence-corrected chi connectivity index (χ1v) is 13.7. The van der Waals surface area contributed by atoms with Gasteiger partial charge in [-0.05, 0) is 101 Å². The van der Waals surface area contributed by atoms with Crippen LogP contribution in [-0.2, 0) is 19.5 Å². The monoisotopic (exact) mass is 555 g/mol. The Balaban J connectivity index is 1.54. The maximum absolute atomic E-state index is 12.0. The van der Waals surface area contributed by atoms with Gasteiger partial charge in [-0.2, -0.15) is 0 Å². The molecule has 2 aromatic carbocycles. The van der Waals surface area contributed by atoms with Gasteiger partial charge in [0, 0.05) is 16.4 Å². The van der Waals surface area contributed by atoms with E-state index >= 15 is 0 Å². The summed E-state index contributed by atoms with van der Waals surface area (Å²) in [5.41, 5.74) is 4.84. The lowest BCUT2D eigenvalue weighted by atomic mass is 9.72. The minimum atomic E-state index is -0.489. The molecule has 1 unspecified atom stereocenters. The lowest BCUT2D eigenvalue weighted by molar-refractivity contribution is 0.00578. The van der Waals surface area contributed by atoms with E-state index < -0.39 is 12.7 Å². The van der Waals surface area contributed by atoms with Crippen LogP contribution in [0.4, 0.5) is 4.79 Å². The summed E-state index contributed by atoms with van der Waals surface area (Å²) in [6, 6.07) is 13.2. The molecule has 1 aliphatic carbocycles. The number of rotatable bonds is 6. The summed E-state index contributed by atoms with van der Waals surface area (Å²) in [5.74, 6) is 0. The van der Waals surface area contributed by atoms with Crippen LogP contribution >= 0.6 is 15.9 Å². The lowest BCUT2D eigenvalue weighted by Gasteiger charge is -2.32. The van der Waals surface area contributed by atoms with E-state index in [1.165, 1.54) is 22.3 Å². The minimum Gasteiger partial charge on any atom is -0.444 e. The molecule has 2 aromatic rings. The van der Waals surface area contributed by atoms with Crippen LogP contribution < -0.4 is 10.8 Å². The summed E-state index contributed by atoms with van der Waals surface area (Å²) >= 11 is 3.69. The zero-order chi connectivity index (χ0) is 26.5. The molecule has 1 aliphatic heterocycles. The first kappa shape index (κ1) is 27.2. The van der Waals surface area contributed by atoms with Gasteiger partial charge < -0.3 is 19.4 Å². The molecule has 1 saturated heterocycles. The van der Waals surface area contributed by atoms with Crippen LogP contribution in [0.25, 0.3) is 11.1 Å². The molecule has 1 amide bonds. The quantitative estimate of drug-likeness (QED) is 0.317. The third kappa shape index (κ3) is 5.25. The highest BCUT2D eigenvalue weighted by atomic mass is 79.9. The summed E-state index contributed by atoms with van der Waals surface area (Å²) in [5, 5.41) is 2.88. The number of hydrogen-bond acceptors (Lipinski definition) is 4. The van der Waals surface area contributed by atoms with E-state index in [1.54, 1.807) is 0 Å². The topological polar surface area (TPSA) is 56.8 Å². The Morgan fingerprint density at radius 3 is 2.14 bits per heavy atom. The molecule has 0 spiro atoms. The van der Waals surface area contributed by atoms with Crippen molar-refractivity contribution in [2.24, 2.45) is 0 Å². The molecule has 5 nitrogen and oxygen atoms in total. The van der Waals surface area contributed by atoms with Crippen molar-refractivity contribution >= 4 is 34.6 Å². The normalized spacial score (nSPS) is 21.8. The van der Waals surface area contributed by atoms with E-state index in [2.05, 4.69) is 92.3 Å². The average molecular weight is 556 g/mol. The number of ether oxygens (including phenoxy) is 1. The number of hydrogen-bond donors (Lipinski definition) is 1.